The number of hydrogen-bond donors (Lipinski definition) is 1. The van der Waals surface area contributed by atoms with Crippen LogP contribution in [0, 0.1) is 0 Å². The average Bonchev–Trinajstić information content (AvgIpc) is 2.38. The van der Waals surface area contributed by atoms with Crippen molar-refractivity contribution in [2.24, 2.45) is 0 Å². The molecule has 1 aromatic rings. The van der Waals surface area contributed by atoms with Crippen molar-refractivity contribution in [1.82, 2.24) is 0 Å². The molecule has 0 amide bonds. The monoisotopic (exact) mass is 209 g/mol. The molecule has 0 fully saturated rings. The maximum absolute atomic E-state index is 3.54. The molecule has 88 valence electrons. The Kier molecular flexibility index (Phi) is 29.7. The summed E-state index contributed by atoms with van der Waals surface area (Å²) in [4.78, 5) is 0. The number of para-hydroxylation sites is 1. The largest absolute Gasteiger partial charge is 0.362 e. The highest BCUT2D eigenvalue weighted by atomic mass is 14.8. The molecule has 0 aliphatic carbocycles. The highest BCUT2D eigenvalue weighted by Crippen LogP contribution is 2.03. The SMILES string of the molecule is C=CNc1ccccc1.CC.CC.CC. The molecule has 1 N–H and O–H groups in total. The summed E-state index contributed by atoms with van der Waals surface area (Å²) in [5, 5.41) is 2.97. The van der Waals surface area contributed by atoms with Crippen molar-refractivity contribution in [1.29, 1.82) is 0 Å². The molecule has 0 saturated heterocycles. The molecule has 0 aliphatic heterocycles. The topological polar surface area (TPSA) is 12.0 Å². The molecule has 1 nitrogen and oxygen atoms in total. The van der Waals surface area contributed by atoms with Gasteiger partial charge in [0.2, 0.25) is 0 Å². The van der Waals surface area contributed by atoms with E-state index in [0.29, 0.717) is 0 Å². The first-order valence-electron chi connectivity index (χ1n) is 5.86. The zero-order chi connectivity index (χ0) is 12.5. The first-order chi connectivity index (χ1) is 7.43. The molecule has 0 spiro atoms. The fourth-order valence-electron chi connectivity index (χ4n) is 0.652. The van der Waals surface area contributed by atoms with Crippen molar-refractivity contribution < 1.29 is 0 Å². The Morgan fingerprint density at radius 2 is 1.27 bits per heavy atom. The Bertz CT molecular complexity index is 180. The fourth-order valence-corrected chi connectivity index (χ4v) is 0.652. The second kappa shape index (κ2) is 23.0. The van der Waals surface area contributed by atoms with E-state index in [4.69, 9.17) is 0 Å². The van der Waals surface area contributed by atoms with E-state index < -0.39 is 0 Å². The lowest BCUT2D eigenvalue weighted by molar-refractivity contribution is 1.50. The lowest BCUT2D eigenvalue weighted by atomic mass is 10.3. The summed E-state index contributed by atoms with van der Waals surface area (Å²) >= 11 is 0. The minimum absolute atomic E-state index is 1.08. The minimum atomic E-state index is 1.08. The van der Waals surface area contributed by atoms with Gasteiger partial charge in [-0.2, -0.15) is 0 Å². The molecule has 1 aromatic carbocycles. The molecular formula is C14H27N. The van der Waals surface area contributed by atoms with Crippen molar-refractivity contribution in [3.05, 3.63) is 43.1 Å². The van der Waals surface area contributed by atoms with E-state index in [2.05, 4.69) is 11.9 Å². The quantitative estimate of drug-likeness (QED) is 0.695. The first kappa shape index (κ1) is 19.4. The van der Waals surface area contributed by atoms with E-state index in [1.807, 2.05) is 71.9 Å². The molecule has 0 saturated carbocycles. The Balaban J connectivity index is -0.000000208. The van der Waals surface area contributed by atoms with Gasteiger partial charge in [0.05, 0.1) is 0 Å². The fraction of sp³-hybridized carbons (Fsp3) is 0.429. The van der Waals surface area contributed by atoms with E-state index in [9.17, 15) is 0 Å². The third-order valence-corrected chi connectivity index (χ3v) is 1.04. The lowest BCUT2D eigenvalue weighted by Crippen LogP contribution is -1.82. The predicted molar refractivity (Wildman–Crippen MR) is 74.3 cm³/mol. The zero-order valence-corrected chi connectivity index (χ0v) is 11.2. The van der Waals surface area contributed by atoms with E-state index in [1.54, 1.807) is 6.20 Å². The van der Waals surface area contributed by atoms with E-state index in [1.165, 1.54) is 0 Å². The molecule has 0 unspecified atom stereocenters. The van der Waals surface area contributed by atoms with Gasteiger partial charge in [0.25, 0.3) is 0 Å². The van der Waals surface area contributed by atoms with Crippen molar-refractivity contribution >= 4 is 5.69 Å². The van der Waals surface area contributed by atoms with Gasteiger partial charge < -0.3 is 5.32 Å². The molecule has 0 aromatic heterocycles. The first-order valence-corrected chi connectivity index (χ1v) is 5.86. The summed E-state index contributed by atoms with van der Waals surface area (Å²) in [7, 11) is 0. The predicted octanol–water partition coefficient (Wildman–Crippen LogP) is 5.32. The number of anilines is 1. The molecule has 0 radical (unpaired) electrons. The number of nitrogens with one attached hydrogen (secondary N) is 1. The molecular weight excluding hydrogens is 182 g/mol. The minimum Gasteiger partial charge on any atom is -0.362 e. The molecule has 15 heavy (non-hydrogen) atoms. The maximum atomic E-state index is 3.54. The summed E-state index contributed by atoms with van der Waals surface area (Å²) < 4.78 is 0. The average molecular weight is 209 g/mol. The van der Waals surface area contributed by atoms with Crippen LogP contribution in [0.4, 0.5) is 5.69 Å². The summed E-state index contributed by atoms with van der Waals surface area (Å²) in [5.41, 5.74) is 1.08. The smallest absolute Gasteiger partial charge is 0.0379 e. The zero-order valence-electron chi connectivity index (χ0n) is 11.2. The van der Waals surface area contributed by atoms with Crippen LogP contribution in [0.3, 0.4) is 0 Å². The van der Waals surface area contributed by atoms with Crippen LogP contribution in [0.15, 0.2) is 43.1 Å². The van der Waals surface area contributed by atoms with Gasteiger partial charge >= 0.3 is 0 Å². The molecule has 1 rings (SSSR count). The van der Waals surface area contributed by atoms with Gasteiger partial charge in [-0.1, -0.05) is 66.3 Å². The van der Waals surface area contributed by atoms with Crippen LogP contribution in [-0.2, 0) is 0 Å². The summed E-state index contributed by atoms with van der Waals surface area (Å²) in [5.74, 6) is 0. The number of hydrogen-bond acceptors (Lipinski definition) is 1. The molecule has 1 heteroatoms. The van der Waals surface area contributed by atoms with Crippen molar-refractivity contribution in [3.8, 4) is 0 Å². The second-order valence-corrected chi connectivity index (χ2v) is 1.71. The van der Waals surface area contributed by atoms with Gasteiger partial charge in [-0.3, -0.25) is 0 Å². The third kappa shape index (κ3) is 15.5. The second-order valence-electron chi connectivity index (χ2n) is 1.71. The number of rotatable bonds is 2. The van der Waals surface area contributed by atoms with Crippen LogP contribution in [0.5, 0.6) is 0 Å². The normalized spacial score (nSPS) is 6.27. The molecule has 0 heterocycles. The van der Waals surface area contributed by atoms with Crippen LogP contribution in [-0.4, -0.2) is 0 Å². The van der Waals surface area contributed by atoms with Crippen LogP contribution in [0.25, 0.3) is 0 Å². The lowest BCUT2D eigenvalue weighted by Gasteiger charge is -1.95. The van der Waals surface area contributed by atoms with Crippen LogP contribution in [0.2, 0.25) is 0 Å². The number of benzene rings is 1. The van der Waals surface area contributed by atoms with Crippen molar-refractivity contribution in [2.45, 2.75) is 41.5 Å². The van der Waals surface area contributed by atoms with Gasteiger partial charge in [-0.05, 0) is 18.3 Å². The Morgan fingerprint density at radius 3 is 1.60 bits per heavy atom. The van der Waals surface area contributed by atoms with Gasteiger partial charge in [-0.25, -0.2) is 0 Å². The molecule has 0 aliphatic rings. The Morgan fingerprint density at radius 1 is 0.867 bits per heavy atom. The highest BCUT2D eigenvalue weighted by molar-refractivity contribution is 5.44. The van der Waals surface area contributed by atoms with Crippen LogP contribution in [0.1, 0.15) is 41.5 Å². The Labute approximate surface area is 96.2 Å². The van der Waals surface area contributed by atoms with Gasteiger partial charge in [0, 0.05) is 5.69 Å². The van der Waals surface area contributed by atoms with Crippen LogP contribution >= 0.6 is 0 Å². The van der Waals surface area contributed by atoms with E-state index >= 15 is 0 Å². The van der Waals surface area contributed by atoms with Gasteiger partial charge in [0.1, 0.15) is 0 Å². The summed E-state index contributed by atoms with van der Waals surface area (Å²) in [6.45, 7) is 15.5. The van der Waals surface area contributed by atoms with Gasteiger partial charge in [0.15, 0.2) is 0 Å². The molecule has 0 atom stereocenters. The summed E-state index contributed by atoms with van der Waals surface area (Å²) in [6, 6.07) is 9.91. The molecule has 0 bridgehead atoms. The standard InChI is InChI=1S/C8H9N.3C2H6/c1-2-9-8-6-4-3-5-7-8;3*1-2/h2-7,9H,1H2;3*1-2H3. The highest BCUT2D eigenvalue weighted by Gasteiger charge is 1.79. The maximum Gasteiger partial charge on any atom is 0.0379 e. The van der Waals surface area contributed by atoms with E-state index in [-0.39, 0.29) is 0 Å². The van der Waals surface area contributed by atoms with Crippen molar-refractivity contribution in [2.75, 3.05) is 5.32 Å². The van der Waals surface area contributed by atoms with Gasteiger partial charge in [-0.15, -0.1) is 0 Å². The van der Waals surface area contributed by atoms with Crippen LogP contribution < -0.4 is 5.32 Å². The van der Waals surface area contributed by atoms with Crippen molar-refractivity contribution in [3.63, 3.8) is 0 Å². The summed E-state index contributed by atoms with van der Waals surface area (Å²) in [6.07, 6.45) is 1.66. The third-order valence-electron chi connectivity index (χ3n) is 1.04. The van der Waals surface area contributed by atoms with E-state index in [0.717, 1.165) is 5.69 Å². The Hall–Kier alpha value is -1.24.